The molecule has 0 spiro atoms. The third kappa shape index (κ3) is 3.68. The first-order valence-electron chi connectivity index (χ1n) is 5.88. The minimum absolute atomic E-state index is 0.0139. The lowest BCUT2D eigenvalue weighted by Gasteiger charge is -2.20. The molecular formula is C13H18ClFN2O. The van der Waals surface area contributed by atoms with Crippen molar-refractivity contribution in [2.24, 2.45) is 0 Å². The number of amides is 1. The molecule has 0 aliphatic rings. The lowest BCUT2D eigenvalue weighted by atomic mass is 10.2. The Bertz CT molecular complexity index is 425. The van der Waals surface area contributed by atoms with Crippen LogP contribution in [-0.2, 0) is 11.3 Å². The van der Waals surface area contributed by atoms with Gasteiger partial charge in [0.05, 0.1) is 11.1 Å². The second kappa shape index (κ2) is 6.71. The molecule has 3 nitrogen and oxygen atoms in total. The average molecular weight is 273 g/mol. The van der Waals surface area contributed by atoms with E-state index in [1.807, 2.05) is 6.92 Å². The quantitative estimate of drug-likeness (QED) is 0.893. The van der Waals surface area contributed by atoms with Crippen LogP contribution in [0.3, 0.4) is 0 Å². The zero-order valence-corrected chi connectivity index (χ0v) is 11.6. The summed E-state index contributed by atoms with van der Waals surface area (Å²) in [5.41, 5.74) is 0.460. The Morgan fingerprint density at radius 1 is 1.56 bits per heavy atom. The van der Waals surface area contributed by atoms with E-state index in [1.54, 1.807) is 31.0 Å². The van der Waals surface area contributed by atoms with Gasteiger partial charge in [0.1, 0.15) is 5.82 Å². The van der Waals surface area contributed by atoms with E-state index in [-0.39, 0.29) is 23.5 Å². The van der Waals surface area contributed by atoms with Crippen molar-refractivity contribution in [3.63, 3.8) is 0 Å². The molecule has 0 radical (unpaired) electrons. The topological polar surface area (TPSA) is 32.3 Å². The van der Waals surface area contributed by atoms with Gasteiger partial charge in [-0.3, -0.25) is 4.79 Å². The summed E-state index contributed by atoms with van der Waals surface area (Å²) in [5, 5.41) is 3.09. The molecule has 0 bridgehead atoms. The Balaban J connectivity index is 2.60. The number of hydrogen-bond acceptors (Lipinski definition) is 2. The number of likely N-dealkylation sites (N-methyl/N-ethyl adjacent to an activating group) is 1. The Kier molecular flexibility index (Phi) is 5.56. The van der Waals surface area contributed by atoms with E-state index in [9.17, 15) is 9.18 Å². The highest BCUT2D eigenvalue weighted by molar-refractivity contribution is 6.30. The van der Waals surface area contributed by atoms with Crippen LogP contribution in [0.5, 0.6) is 0 Å². The van der Waals surface area contributed by atoms with Gasteiger partial charge in [0.25, 0.3) is 0 Å². The second-order valence-corrected chi connectivity index (χ2v) is 4.58. The first-order valence-corrected chi connectivity index (χ1v) is 6.26. The Morgan fingerprint density at radius 2 is 2.22 bits per heavy atom. The number of benzene rings is 1. The van der Waals surface area contributed by atoms with Crippen LogP contribution < -0.4 is 5.32 Å². The van der Waals surface area contributed by atoms with Crippen molar-refractivity contribution >= 4 is 17.5 Å². The molecule has 0 aliphatic carbocycles. The molecule has 0 saturated heterocycles. The zero-order valence-electron chi connectivity index (χ0n) is 10.8. The largest absolute Gasteiger partial charge is 0.345 e. The van der Waals surface area contributed by atoms with Crippen LogP contribution in [0.4, 0.5) is 4.39 Å². The fourth-order valence-corrected chi connectivity index (χ4v) is 1.72. The maximum atomic E-state index is 13.6. The highest BCUT2D eigenvalue weighted by atomic mass is 35.5. The lowest BCUT2D eigenvalue weighted by Crippen LogP contribution is -2.42. The summed E-state index contributed by atoms with van der Waals surface area (Å²) in [5.74, 6) is -0.449. The molecule has 5 heteroatoms. The summed E-state index contributed by atoms with van der Waals surface area (Å²) in [6.07, 6.45) is 0. The van der Waals surface area contributed by atoms with Crippen LogP contribution >= 0.6 is 11.6 Å². The first-order chi connectivity index (χ1) is 8.47. The van der Waals surface area contributed by atoms with Crippen LogP contribution in [0.25, 0.3) is 0 Å². The van der Waals surface area contributed by atoms with Gasteiger partial charge in [-0.05, 0) is 19.9 Å². The summed E-state index contributed by atoms with van der Waals surface area (Å²) >= 11 is 5.69. The molecule has 0 saturated carbocycles. The number of carbonyl (C=O) groups excluding carboxylic acids is 1. The van der Waals surface area contributed by atoms with Crippen molar-refractivity contribution in [1.82, 2.24) is 10.2 Å². The standard InChI is InChI=1S/C13H18ClFN2O/c1-4-17(3)13(18)9(2)16-8-10-6-5-7-11(14)12(10)15/h5-7,9,16H,4,8H2,1-3H3. The van der Waals surface area contributed by atoms with Gasteiger partial charge in [-0.15, -0.1) is 0 Å². The fourth-order valence-electron chi connectivity index (χ4n) is 1.52. The predicted molar refractivity (Wildman–Crippen MR) is 71.0 cm³/mol. The molecule has 1 rings (SSSR count). The maximum Gasteiger partial charge on any atom is 0.239 e. The third-order valence-electron chi connectivity index (χ3n) is 2.85. The summed E-state index contributed by atoms with van der Waals surface area (Å²) in [6.45, 7) is 4.59. The van der Waals surface area contributed by atoms with Crippen LogP contribution in [0.1, 0.15) is 19.4 Å². The van der Waals surface area contributed by atoms with Crippen molar-refractivity contribution in [3.8, 4) is 0 Å². The van der Waals surface area contributed by atoms with Gasteiger partial charge in [0.15, 0.2) is 0 Å². The van der Waals surface area contributed by atoms with Crippen LogP contribution in [-0.4, -0.2) is 30.4 Å². The summed E-state index contributed by atoms with van der Waals surface area (Å²) in [6, 6.07) is 4.48. The van der Waals surface area contributed by atoms with E-state index >= 15 is 0 Å². The Hall–Kier alpha value is -1.13. The van der Waals surface area contributed by atoms with Crippen LogP contribution in [0, 0.1) is 5.82 Å². The highest BCUT2D eigenvalue weighted by Crippen LogP contribution is 2.17. The van der Waals surface area contributed by atoms with E-state index in [4.69, 9.17) is 11.6 Å². The van der Waals surface area contributed by atoms with Crippen molar-refractivity contribution in [2.45, 2.75) is 26.4 Å². The monoisotopic (exact) mass is 272 g/mol. The molecule has 18 heavy (non-hydrogen) atoms. The average Bonchev–Trinajstić information content (AvgIpc) is 2.38. The molecular weight excluding hydrogens is 255 g/mol. The molecule has 1 atom stereocenters. The predicted octanol–water partition coefficient (Wildman–Crippen LogP) is 2.44. The lowest BCUT2D eigenvalue weighted by molar-refractivity contribution is -0.131. The Labute approximate surface area is 112 Å². The third-order valence-corrected chi connectivity index (χ3v) is 3.14. The zero-order chi connectivity index (χ0) is 13.7. The summed E-state index contributed by atoms with van der Waals surface area (Å²) in [4.78, 5) is 13.4. The number of carbonyl (C=O) groups is 1. The minimum Gasteiger partial charge on any atom is -0.345 e. The van der Waals surface area contributed by atoms with Gasteiger partial charge < -0.3 is 10.2 Å². The molecule has 0 aromatic heterocycles. The molecule has 1 unspecified atom stereocenters. The van der Waals surface area contributed by atoms with Crippen molar-refractivity contribution in [2.75, 3.05) is 13.6 Å². The normalized spacial score (nSPS) is 12.3. The van der Waals surface area contributed by atoms with Gasteiger partial charge in [0, 0.05) is 25.7 Å². The highest BCUT2D eigenvalue weighted by Gasteiger charge is 2.16. The number of rotatable bonds is 5. The SMILES string of the molecule is CCN(C)C(=O)C(C)NCc1cccc(Cl)c1F. The Morgan fingerprint density at radius 3 is 2.83 bits per heavy atom. The molecule has 1 aromatic carbocycles. The molecule has 1 N–H and O–H groups in total. The van der Waals surface area contributed by atoms with E-state index in [1.165, 1.54) is 6.07 Å². The molecule has 0 fully saturated rings. The number of hydrogen-bond donors (Lipinski definition) is 1. The maximum absolute atomic E-state index is 13.6. The van der Waals surface area contributed by atoms with E-state index in [2.05, 4.69) is 5.32 Å². The van der Waals surface area contributed by atoms with E-state index in [0.29, 0.717) is 12.1 Å². The van der Waals surface area contributed by atoms with Gasteiger partial charge in [-0.1, -0.05) is 23.7 Å². The smallest absolute Gasteiger partial charge is 0.239 e. The van der Waals surface area contributed by atoms with Crippen molar-refractivity contribution < 1.29 is 9.18 Å². The van der Waals surface area contributed by atoms with Gasteiger partial charge in [0.2, 0.25) is 5.91 Å². The van der Waals surface area contributed by atoms with Crippen molar-refractivity contribution in [3.05, 3.63) is 34.6 Å². The molecule has 1 amide bonds. The fraction of sp³-hybridized carbons (Fsp3) is 0.462. The summed E-state index contributed by atoms with van der Waals surface area (Å²) in [7, 11) is 1.74. The van der Waals surface area contributed by atoms with Gasteiger partial charge >= 0.3 is 0 Å². The minimum atomic E-state index is -0.435. The molecule has 0 heterocycles. The summed E-state index contributed by atoms with van der Waals surface area (Å²) < 4.78 is 13.6. The molecule has 1 aromatic rings. The van der Waals surface area contributed by atoms with Crippen LogP contribution in [0.15, 0.2) is 18.2 Å². The van der Waals surface area contributed by atoms with Gasteiger partial charge in [-0.25, -0.2) is 4.39 Å². The second-order valence-electron chi connectivity index (χ2n) is 4.17. The van der Waals surface area contributed by atoms with Crippen molar-refractivity contribution in [1.29, 1.82) is 0 Å². The number of nitrogens with one attached hydrogen (secondary N) is 1. The van der Waals surface area contributed by atoms with E-state index < -0.39 is 5.82 Å². The first kappa shape index (κ1) is 14.9. The number of halogens is 2. The molecule has 100 valence electrons. The van der Waals surface area contributed by atoms with E-state index in [0.717, 1.165) is 0 Å². The van der Waals surface area contributed by atoms with Gasteiger partial charge in [-0.2, -0.15) is 0 Å². The number of nitrogens with zero attached hydrogens (tertiary/aromatic N) is 1. The molecule has 0 aliphatic heterocycles. The van der Waals surface area contributed by atoms with Crippen LogP contribution in [0.2, 0.25) is 5.02 Å².